The van der Waals surface area contributed by atoms with Crippen LogP contribution in [-0.4, -0.2) is 31.4 Å². The number of hydrogen-bond donors (Lipinski definition) is 2. The van der Waals surface area contributed by atoms with E-state index >= 15 is 0 Å². The van der Waals surface area contributed by atoms with Crippen molar-refractivity contribution in [1.82, 2.24) is 0 Å². The van der Waals surface area contributed by atoms with Crippen LogP contribution < -0.4 is 15.4 Å². The third kappa shape index (κ3) is 2.88. The fraction of sp³-hybridized carbons (Fsp3) is 0.571. The lowest BCUT2D eigenvalue weighted by Crippen LogP contribution is -2.33. The van der Waals surface area contributed by atoms with E-state index in [0.717, 1.165) is 61.6 Å². The minimum absolute atomic E-state index is 0.287. The van der Waals surface area contributed by atoms with Gasteiger partial charge in [0.25, 0.3) is 0 Å². The van der Waals surface area contributed by atoms with Crippen molar-refractivity contribution in [3.8, 4) is 5.75 Å². The third-order valence-electron chi connectivity index (χ3n) is 3.39. The first-order chi connectivity index (χ1) is 8.72. The normalized spacial score (nSPS) is 14.2. The average Bonchev–Trinajstić information content (AvgIpc) is 2.36. The maximum absolute atomic E-state index is 8.78. The maximum Gasteiger partial charge on any atom is 0.144 e. The average molecular weight is 250 g/mol. The highest BCUT2D eigenvalue weighted by molar-refractivity contribution is 5.68. The number of benzene rings is 1. The van der Waals surface area contributed by atoms with Crippen LogP contribution in [0.2, 0.25) is 0 Å². The zero-order valence-electron chi connectivity index (χ0n) is 11.0. The van der Waals surface area contributed by atoms with Crippen molar-refractivity contribution in [2.75, 3.05) is 36.9 Å². The molecule has 18 heavy (non-hydrogen) atoms. The molecule has 0 aliphatic carbocycles. The van der Waals surface area contributed by atoms with Gasteiger partial charge in [0.1, 0.15) is 12.4 Å². The molecule has 3 N–H and O–H groups in total. The van der Waals surface area contributed by atoms with Gasteiger partial charge in [-0.15, -0.1) is 0 Å². The number of nitrogens with two attached hydrogens (primary N) is 1. The second-order valence-electron chi connectivity index (χ2n) is 4.80. The summed E-state index contributed by atoms with van der Waals surface area (Å²) in [4.78, 5) is 2.35. The monoisotopic (exact) mass is 250 g/mol. The molecule has 0 atom stereocenters. The molecule has 1 heterocycles. The molecule has 0 spiro atoms. The molecule has 2 rings (SSSR count). The smallest absolute Gasteiger partial charge is 0.144 e. The Morgan fingerprint density at radius 2 is 2.17 bits per heavy atom. The first-order valence-electron chi connectivity index (χ1n) is 6.61. The van der Waals surface area contributed by atoms with E-state index < -0.39 is 0 Å². The van der Waals surface area contributed by atoms with Crippen molar-refractivity contribution in [3.63, 3.8) is 0 Å². The van der Waals surface area contributed by atoms with Gasteiger partial charge in [0, 0.05) is 24.9 Å². The zero-order valence-corrected chi connectivity index (χ0v) is 11.0. The molecule has 0 aromatic heterocycles. The number of aryl methyl sites for hydroxylation is 1. The number of rotatable bonds is 5. The van der Waals surface area contributed by atoms with E-state index in [0.29, 0.717) is 0 Å². The molecule has 1 aromatic carbocycles. The second kappa shape index (κ2) is 5.96. The molecular formula is C14H22N2O2. The van der Waals surface area contributed by atoms with Crippen molar-refractivity contribution in [3.05, 3.63) is 17.7 Å². The van der Waals surface area contributed by atoms with Gasteiger partial charge in [-0.05, 0) is 37.8 Å². The number of aliphatic hydroxyl groups is 1. The van der Waals surface area contributed by atoms with Crippen molar-refractivity contribution >= 4 is 11.4 Å². The van der Waals surface area contributed by atoms with Crippen molar-refractivity contribution in [2.24, 2.45) is 0 Å². The lowest BCUT2D eigenvalue weighted by Gasteiger charge is -2.32. The van der Waals surface area contributed by atoms with E-state index in [1.165, 1.54) is 0 Å². The summed E-state index contributed by atoms with van der Waals surface area (Å²) in [7, 11) is 0. The molecule has 1 aromatic rings. The summed E-state index contributed by atoms with van der Waals surface area (Å²) in [5, 5.41) is 8.78. The number of hydrogen-bond acceptors (Lipinski definition) is 4. The van der Waals surface area contributed by atoms with E-state index in [9.17, 15) is 0 Å². The number of nitrogen functional groups attached to an aromatic ring is 1. The molecule has 0 saturated carbocycles. The predicted molar refractivity (Wildman–Crippen MR) is 74.2 cm³/mol. The molecule has 1 aliphatic heterocycles. The molecule has 0 unspecified atom stereocenters. The number of nitrogens with zero attached hydrogens (tertiary/aromatic N) is 1. The van der Waals surface area contributed by atoms with Crippen LogP contribution in [0.1, 0.15) is 24.8 Å². The van der Waals surface area contributed by atoms with Crippen LogP contribution in [0.25, 0.3) is 0 Å². The quantitative estimate of drug-likeness (QED) is 0.619. The van der Waals surface area contributed by atoms with Crippen molar-refractivity contribution in [1.29, 1.82) is 0 Å². The summed E-state index contributed by atoms with van der Waals surface area (Å²) >= 11 is 0. The van der Waals surface area contributed by atoms with E-state index in [-0.39, 0.29) is 6.61 Å². The SMILES string of the molecule is Cc1cc2c(cc1N)OCCN2CCCCCO. The first kappa shape index (κ1) is 13.0. The van der Waals surface area contributed by atoms with Gasteiger partial charge in [-0.3, -0.25) is 0 Å². The van der Waals surface area contributed by atoms with Crippen LogP contribution >= 0.6 is 0 Å². The van der Waals surface area contributed by atoms with E-state index in [1.54, 1.807) is 0 Å². The number of fused-ring (bicyclic) bond motifs is 1. The molecule has 100 valence electrons. The molecule has 0 saturated heterocycles. The minimum Gasteiger partial charge on any atom is -0.489 e. The predicted octanol–water partition coefficient (Wildman–Crippen LogP) is 1.94. The Balaban J connectivity index is 2.05. The number of ether oxygens (including phenoxy) is 1. The van der Waals surface area contributed by atoms with Gasteiger partial charge in [0.2, 0.25) is 0 Å². The Bertz CT molecular complexity index is 407. The highest BCUT2D eigenvalue weighted by Crippen LogP contribution is 2.35. The Morgan fingerprint density at radius 3 is 2.94 bits per heavy atom. The summed E-state index contributed by atoms with van der Waals surface area (Å²) in [5.74, 6) is 0.895. The Kier molecular flexibility index (Phi) is 4.31. The molecule has 1 aliphatic rings. The van der Waals surface area contributed by atoms with Crippen LogP contribution in [0.5, 0.6) is 5.75 Å². The van der Waals surface area contributed by atoms with Crippen LogP contribution in [0.15, 0.2) is 12.1 Å². The summed E-state index contributed by atoms with van der Waals surface area (Å²) < 4.78 is 5.66. The standard InChI is InChI=1S/C14H22N2O2/c1-11-9-13-14(10-12(11)15)18-8-6-16(13)5-3-2-4-7-17/h9-10,17H,2-8,15H2,1H3. The van der Waals surface area contributed by atoms with Gasteiger partial charge in [-0.25, -0.2) is 0 Å². The van der Waals surface area contributed by atoms with Gasteiger partial charge in [-0.1, -0.05) is 0 Å². The van der Waals surface area contributed by atoms with E-state index in [2.05, 4.69) is 11.0 Å². The third-order valence-corrected chi connectivity index (χ3v) is 3.39. The highest BCUT2D eigenvalue weighted by atomic mass is 16.5. The van der Waals surface area contributed by atoms with Crippen LogP contribution in [0.3, 0.4) is 0 Å². The Hall–Kier alpha value is -1.42. The lowest BCUT2D eigenvalue weighted by molar-refractivity contribution is 0.281. The topological polar surface area (TPSA) is 58.7 Å². The molecule has 0 radical (unpaired) electrons. The number of anilines is 2. The number of aliphatic hydroxyl groups excluding tert-OH is 1. The largest absolute Gasteiger partial charge is 0.489 e. The molecule has 4 heteroatoms. The Morgan fingerprint density at radius 1 is 1.33 bits per heavy atom. The fourth-order valence-electron chi connectivity index (χ4n) is 2.26. The zero-order chi connectivity index (χ0) is 13.0. The van der Waals surface area contributed by atoms with Gasteiger partial charge >= 0.3 is 0 Å². The Labute approximate surface area is 108 Å². The van der Waals surface area contributed by atoms with Crippen molar-refractivity contribution < 1.29 is 9.84 Å². The molecule has 0 fully saturated rings. The maximum atomic E-state index is 8.78. The van der Waals surface area contributed by atoms with Gasteiger partial charge in [-0.2, -0.15) is 0 Å². The van der Waals surface area contributed by atoms with Gasteiger partial charge < -0.3 is 20.5 Å². The van der Waals surface area contributed by atoms with E-state index in [4.69, 9.17) is 15.6 Å². The van der Waals surface area contributed by atoms with Crippen LogP contribution in [0, 0.1) is 6.92 Å². The second-order valence-corrected chi connectivity index (χ2v) is 4.80. The summed E-state index contributed by atoms with van der Waals surface area (Å²) in [5.41, 5.74) is 8.94. The van der Waals surface area contributed by atoms with Gasteiger partial charge in [0.05, 0.1) is 12.2 Å². The van der Waals surface area contributed by atoms with E-state index in [1.807, 2.05) is 13.0 Å². The molecule has 0 bridgehead atoms. The first-order valence-corrected chi connectivity index (χ1v) is 6.61. The van der Waals surface area contributed by atoms with Gasteiger partial charge in [0.15, 0.2) is 0 Å². The number of unbranched alkanes of at least 4 members (excludes halogenated alkanes) is 2. The minimum atomic E-state index is 0.287. The molecular weight excluding hydrogens is 228 g/mol. The summed E-state index contributed by atoms with van der Waals surface area (Å²) in [6, 6.07) is 4.03. The fourth-order valence-corrected chi connectivity index (χ4v) is 2.26. The lowest BCUT2D eigenvalue weighted by atomic mass is 10.1. The summed E-state index contributed by atoms with van der Waals surface area (Å²) in [6.45, 7) is 4.97. The molecule has 0 amide bonds. The highest BCUT2D eigenvalue weighted by Gasteiger charge is 2.18. The van der Waals surface area contributed by atoms with Crippen molar-refractivity contribution in [2.45, 2.75) is 26.2 Å². The van der Waals surface area contributed by atoms with Crippen LogP contribution in [-0.2, 0) is 0 Å². The summed E-state index contributed by atoms with van der Waals surface area (Å²) in [6.07, 6.45) is 3.05. The molecule has 4 nitrogen and oxygen atoms in total. The van der Waals surface area contributed by atoms with Crippen LogP contribution in [0.4, 0.5) is 11.4 Å².